The molecule has 7 nitrogen and oxygen atoms in total. The molecule has 4 aromatic rings. The Balaban J connectivity index is 0.00000289. The number of aromatic nitrogens is 2. The van der Waals surface area contributed by atoms with Crippen molar-refractivity contribution in [2.75, 3.05) is 38.2 Å². The summed E-state index contributed by atoms with van der Waals surface area (Å²) in [6.07, 6.45) is 1.71. The topological polar surface area (TPSA) is 79.4 Å². The van der Waals surface area contributed by atoms with Crippen LogP contribution in [0.5, 0.6) is 0 Å². The number of hydrogen-bond donors (Lipinski definition) is 2. The fourth-order valence-corrected chi connectivity index (χ4v) is 5.82. The quantitative estimate of drug-likeness (QED) is 0.336. The number of hydrogen-bond acceptors (Lipinski definition) is 7. The number of amides is 2. The standard InChI is InChI=1S/C24H24FN5O2S2.ClH/c1-2-26-23(31)29-24-28-21-20(25)17(12-18(22(21)34-24)19-5-3-4-6-27-19)15-11-16(33-14-15)13-30-7-9-32-10-8-30;/h3-6,11-12,14H,2,7-10,13H2,1H3,(H2,26,28,29,31);1H. The third-order valence-corrected chi connectivity index (χ3v) is 7.48. The maximum atomic E-state index is 15.8. The van der Waals surface area contributed by atoms with Crippen LogP contribution in [0.2, 0.25) is 0 Å². The van der Waals surface area contributed by atoms with E-state index in [0.717, 1.165) is 49.7 Å². The van der Waals surface area contributed by atoms with Gasteiger partial charge in [0.15, 0.2) is 10.9 Å². The van der Waals surface area contributed by atoms with Crippen LogP contribution in [-0.4, -0.2) is 53.7 Å². The van der Waals surface area contributed by atoms with E-state index in [1.165, 1.54) is 16.2 Å². The first-order valence-electron chi connectivity index (χ1n) is 11.1. The molecule has 0 unspecified atom stereocenters. The van der Waals surface area contributed by atoms with Crippen LogP contribution < -0.4 is 10.6 Å². The molecule has 3 aromatic heterocycles. The second kappa shape index (κ2) is 11.4. The highest BCUT2D eigenvalue weighted by molar-refractivity contribution is 7.22. The molecule has 0 aliphatic carbocycles. The zero-order valence-electron chi connectivity index (χ0n) is 19.0. The molecule has 5 rings (SSSR count). The van der Waals surface area contributed by atoms with Crippen molar-refractivity contribution in [3.05, 3.63) is 52.6 Å². The Hall–Kier alpha value is -2.63. The first-order valence-corrected chi connectivity index (χ1v) is 12.8. The molecule has 0 atom stereocenters. The molecule has 4 heterocycles. The second-order valence-corrected chi connectivity index (χ2v) is 9.87. The Kier molecular flexibility index (Phi) is 8.30. The molecule has 2 N–H and O–H groups in total. The van der Waals surface area contributed by atoms with Crippen LogP contribution in [0.1, 0.15) is 11.8 Å². The number of rotatable bonds is 6. The van der Waals surface area contributed by atoms with Gasteiger partial charge >= 0.3 is 6.03 Å². The molecule has 184 valence electrons. The maximum absolute atomic E-state index is 15.8. The molecule has 0 radical (unpaired) electrons. The van der Waals surface area contributed by atoms with Crippen molar-refractivity contribution in [2.24, 2.45) is 0 Å². The number of carbonyl (C=O) groups is 1. The molecule has 2 amide bonds. The van der Waals surface area contributed by atoms with Gasteiger partial charge in [0, 0.05) is 48.4 Å². The zero-order chi connectivity index (χ0) is 23.5. The van der Waals surface area contributed by atoms with Gasteiger partial charge < -0.3 is 10.1 Å². The number of anilines is 1. The summed E-state index contributed by atoms with van der Waals surface area (Å²) in [5.41, 5.74) is 3.04. The lowest BCUT2D eigenvalue weighted by Gasteiger charge is -2.25. The molecule has 35 heavy (non-hydrogen) atoms. The summed E-state index contributed by atoms with van der Waals surface area (Å²) in [4.78, 5) is 24.4. The van der Waals surface area contributed by atoms with E-state index in [1.54, 1.807) is 17.5 Å². The minimum Gasteiger partial charge on any atom is -0.379 e. The molecule has 0 spiro atoms. The number of benzene rings is 1. The van der Waals surface area contributed by atoms with Crippen LogP contribution >= 0.6 is 35.1 Å². The Labute approximate surface area is 216 Å². The monoisotopic (exact) mass is 533 g/mol. The van der Waals surface area contributed by atoms with Crippen LogP contribution in [0.3, 0.4) is 0 Å². The highest BCUT2D eigenvalue weighted by Gasteiger charge is 2.21. The first-order chi connectivity index (χ1) is 16.6. The summed E-state index contributed by atoms with van der Waals surface area (Å²) >= 11 is 2.87. The summed E-state index contributed by atoms with van der Waals surface area (Å²) in [7, 11) is 0. The van der Waals surface area contributed by atoms with Crippen molar-refractivity contribution >= 4 is 56.5 Å². The number of urea groups is 1. The lowest BCUT2D eigenvalue weighted by Crippen LogP contribution is -2.35. The molecule has 1 aliphatic heterocycles. The van der Waals surface area contributed by atoms with Crippen molar-refractivity contribution in [3.8, 4) is 22.4 Å². The molecule has 1 fully saturated rings. The van der Waals surface area contributed by atoms with E-state index in [4.69, 9.17) is 4.74 Å². The largest absolute Gasteiger partial charge is 0.379 e. The van der Waals surface area contributed by atoms with E-state index in [1.807, 2.05) is 42.6 Å². The van der Waals surface area contributed by atoms with Gasteiger partial charge in [-0.2, -0.15) is 0 Å². The van der Waals surface area contributed by atoms with Gasteiger partial charge in [-0.15, -0.1) is 23.7 Å². The van der Waals surface area contributed by atoms with Gasteiger partial charge in [0.2, 0.25) is 0 Å². The SMILES string of the molecule is CCNC(=O)Nc1nc2c(F)c(-c3csc(CN4CCOCC4)c3)cc(-c3ccccn3)c2s1.Cl. The van der Waals surface area contributed by atoms with Crippen molar-refractivity contribution in [1.82, 2.24) is 20.2 Å². The minimum atomic E-state index is -0.398. The normalized spacial score (nSPS) is 14.0. The number of morpholine rings is 1. The number of thiazole rings is 1. The van der Waals surface area contributed by atoms with Crippen LogP contribution in [0, 0.1) is 5.82 Å². The molecule has 1 aromatic carbocycles. The third-order valence-electron chi connectivity index (χ3n) is 5.55. The van der Waals surface area contributed by atoms with Crippen molar-refractivity contribution in [3.63, 3.8) is 0 Å². The van der Waals surface area contributed by atoms with Gasteiger partial charge in [-0.25, -0.2) is 14.2 Å². The zero-order valence-corrected chi connectivity index (χ0v) is 21.5. The lowest BCUT2D eigenvalue weighted by atomic mass is 10.0. The molecule has 1 saturated heterocycles. The van der Waals surface area contributed by atoms with Crippen LogP contribution in [0.15, 0.2) is 41.9 Å². The number of thiophene rings is 1. The minimum absolute atomic E-state index is 0. The third kappa shape index (κ3) is 5.62. The molecular weight excluding hydrogens is 509 g/mol. The van der Waals surface area contributed by atoms with E-state index >= 15 is 4.39 Å². The van der Waals surface area contributed by atoms with Crippen LogP contribution in [0.4, 0.5) is 14.3 Å². The van der Waals surface area contributed by atoms with Gasteiger partial charge in [0.05, 0.1) is 23.6 Å². The summed E-state index contributed by atoms with van der Waals surface area (Å²) in [6.45, 7) is 6.43. The molecule has 11 heteroatoms. The van der Waals surface area contributed by atoms with E-state index in [2.05, 4.69) is 25.5 Å². The fourth-order valence-electron chi connectivity index (χ4n) is 3.91. The van der Waals surface area contributed by atoms with Gasteiger partial charge in [-0.05, 0) is 42.1 Å². The van der Waals surface area contributed by atoms with Crippen molar-refractivity contribution < 1.29 is 13.9 Å². The Bertz CT molecular complexity index is 1310. The number of halogens is 2. The number of pyridine rings is 1. The van der Waals surface area contributed by atoms with E-state index < -0.39 is 5.82 Å². The summed E-state index contributed by atoms with van der Waals surface area (Å²) in [5.74, 6) is -0.398. The summed E-state index contributed by atoms with van der Waals surface area (Å²) < 4.78 is 21.9. The maximum Gasteiger partial charge on any atom is 0.321 e. The van der Waals surface area contributed by atoms with Gasteiger partial charge in [-0.3, -0.25) is 15.2 Å². The highest BCUT2D eigenvalue weighted by Crippen LogP contribution is 2.41. The molecule has 1 aliphatic rings. The van der Waals surface area contributed by atoms with E-state index in [0.29, 0.717) is 21.9 Å². The number of fused-ring (bicyclic) bond motifs is 1. The molecule has 0 saturated carbocycles. The van der Waals surface area contributed by atoms with Crippen LogP contribution in [0.25, 0.3) is 32.6 Å². The molecular formula is C24H25ClFN5O2S2. The highest BCUT2D eigenvalue weighted by atomic mass is 35.5. The number of ether oxygens (including phenoxy) is 1. The second-order valence-electron chi connectivity index (χ2n) is 7.87. The van der Waals surface area contributed by atoms with Gasteiger partial charge in [0.1, 0.15) is 5.52 Å². The summed E-state index contributed by atoms with van der Waals surface area (Å²) in [6, 6.07) is 9.16. The average molecular weight is 534 g/mol. The fraction of sp³-hybridized carbons (Fsp3) is 0.292. The van der Waals surface area contributed by atoms with E-state index in [9.17, 15) is 4.79 Å². The number of nitrogens with zero attached hydrogens (tertiary/aromatic N) is 3. The Morgan fingerprint density at radius 3 is 2.80 bits per heavy atom. The number of nitrogens with one attached hydrogen (secondary N) is 2. The smallest absolute Gasteiger partial charge is 0.321 e. The van der Waals surface area contributed by atoms with Crippen LogP contribution in [-0.2, 0) is 11.3 Å². The number of carbonyl (C=O) groups excluding carboxylic acids is 1. The lowest BCUT2D eigenvalue weighted by molar-refractivity contribution is 0.0346. The first kappa shape index (κ1) is 25.5. The van der Waals surface area contributed by atoms with Crippen molar-refractivity contribution in [1.29, 1.82) is 0 Å². The predicted molar refractivity (Wildman–Crippen MR) is 142 cm³/mol. The molecule has 0 bridgehead atoms. The Morgan fingerprint density at radius 2 is 2.06 bits per heavy atom. The average Bonchev–Trinajstić information content (AvgIpc) is 3.48. The van der Waals surface area contributed by atoms with Crippen molar-refractivity contribution in [2.45, 2.75) is 13.5 Å². The predicted octanol–water partition coefficient (Wildman–Crippen LogP) is 5.62. The van der Waals surface area contributed by atoms with E-state index in [-0.39, 0.29) is 24.0 Å². The summed E-state index contributed by atoms with van der Waals surface area (Å²) in [5, 5.41) is 7.71. The Morgan fingerprint density at radius 1 is 1.23 bits per heavy atom. The van der Waals surface area contributed by atoms with Gasteiger partial charge in [0.25, 0.3) is 0 Å². The van der Waals surface area contributed by atoms with Gasteiger partial charge in [-0.1, -0.05) is 17.4 Å².